The molecule has 0 aromatic heterocycles. The van der Waals surface area contributed by atoms with Crippen molar-refractivity contribution in [3.8, 4) is 0 Å². The highest BCUT2D eigenvalue weighted by Gasteiger charge is 2.11. The molecule has 0 saturated carbocycles. The average Bonchev–Trinajstić information content (AvgIpc) is 2.18. The summed E-state index contributed by atoms with van der Waals surface area (Å²) in [4.78, 5) is 0. The van der Waals surface area contributed by atoms with E-state index in [1.54, 1.807) is 0 Å². The first-order valence-electron chi connectivity index (χ1n) is 5.67. The standard InChI is InChI=1S/C13H20ClN/c1-3-4-5-9-12(15)13-10(2)7-6-8-11(13)14/h6-8,12H,3-5,9,15H2,1-2H3/t12-/m1/s1. The number of nitrogens with two attached hydrogens (primary N) is 1. The number of hydrogen-bond acceptors (Lipinski definition) is 1. The van der Waals surface area contributed by atoms with Gasteiger partial charge in [0.05, 0.1) is 0 Å². The van der Waals surface area contributed by atoms with Crippen LogP contribution in [0.1, 0.15) is 49.8 Å². The van der Waals surface area contributed by atoms with E-state index in [-0.39, 0.29) is 6.04 Å². The van der Waals surface area contributed by atoms with Crippen LogP contribution in [0.15, 0.2) is 18.2 Å². The van der Waals surface area contributed by atoms with Gasteiger partial charge >= 0.3 is 0 Å². The second-order valence-corrected chi connectivity index (χ2v) is 4.48. The molecule has 0 fully saturated rings. The molecule has 2 N–H and O–H groups in total. The van der Waals surface area contributed by atoms with E-state index in [0.29, 0.717) is 0 Å². The van der Waals surface area contributed by atoms with Crippen LogP contribution in [-0.4, -0.2) is 0 Å². The van der Waals surface area contributed by atoms with Crippen molar-refractivity contribution in [1.29, 1.82) is 0 Å². The molecule has 0 unspecified atom stereocenters. The van der Waals surface area contributed by atoms with Gasteiger partial charge in [-0.25, -0.2) is 0 Å². The lowest BCUT2D eigenvalue weighted by molar-refractivity contribution is 0.579. The molecule has 1 nitrogen and oxygen atoms in total. The van der Waals surface area contributed by atoms with Crippen LogP contribution in [0.4, 0.5) is 0 Å². The zero-order valence-corrected chi connectivity index (χ0v) is 10.3. The van der Waals surface area contributed by atoms with Crippen molar-refractivity contribution < 1.29 is 0 Å². The summed E-state index contributed by atoms with van der Waals surface area (Å²) in [5, 5.41) is 0.805. The number of halogens is 1. The van der Waals surface area contributed by atoms with E-state index < -0.39 is 0 Å². The molecule has 1 atom stereocenters. The van der Waals surface area contributed by atoms with Gasteiger partial charge in [0.2, 0.25) is 0 Å². The molecule has 0 aliphatic rings. The molecule has 1 aromatic carbocycles. The van der Waals surface area contributed by atoms with Gasteiger partial charge in [-0.2, -0.15) is 0 Å². The maximum atomic E-state index is 6.16. The fourth-order valence-corrected chi connectivity index (χ4v) is 2.23. The lowest BCUT2D eigenvalue weighted by atomic mass is 9.97. The summed E-state index contributed by atoms with van der Waals surface area (Å²) in [6.45, 7) is 4.27. The highest BCUT2D eigenvalue weighted by molar-refractivity contribution is 6.31. The van der Waals surface area contributed by atoms with Gasteiger partial charge in [0.25, 0.3) is 0 Å². The van der Waals surface area contributed by atoms with Crippen molar-refractivity contribution >= 4 is 11.6 Å². The van der Waals surface area contributed by atoms with E-state index in [1.165, 1.54) is 24.8 Å². The predicted molar refractivity (Wildman–Crippen MR) is 67.3 cm³/mol. The Kier molecular flexibility index (Phi) is 5.13. The minimum absolute atomic E-state index is 0.0882. The molecule has 0 radical (unpaired) electrons. The van der Waals surface area contributed by atoms with Crippen molar-refractivity contribution in [1.82, 2.24) is 0 Å². The third kappa shape index (κ3) is 3.51. The summed E-state index contributed by atoms with van der Waals surface area (Å²) in [7, 11) is 0. The van der Waals surface area contributed by atoms with Gasteiger partial charge in [0, 0.05) is 11.1 Å². The van der Waals surface area contributed by atoms with E-state index in [9.17, 15) is 0 Å². The third-order valence-corrected chi connectivity index (χ3v) is 3.09. The van der Waals surface area contributed by atoms with Crippen LogP contribution < -0.4 is 5.73 Å². The zero-order chi connectivity index (χ0) is 11.3. The third-order valence-electron chi connectivity index (χ3n) is 2.76. The predicted octanol–water partition coefficient (Wildman–Crippen LogP) is 4.23. The Morgan fingerprint density at radius 2 is 2.07 bits per heavy atom. The maximum Gasteiger partial charge on any atom is 0.0456 e. The molecular formula is C13H20ClN. The highest BCUT2D eigenvalue weighted by atomic mass is 35.5. The van der Waals surface area contributed by atoms with Gasteiger partial charge in [0.1, 0.15) is 0 Å². The molecule has 0 amide bonds. The molecule has 1 rings (SSSR count). The lowest BCUT2D eigenvalue weighted by Gasteiger charge is -2.16. The number of benzene rings is 1. The Bertz CT molecular complexity index is 289. The summed E-state index contributed by atoms with van der Waals surface area (Å²) < 4.78 is 0. The number of rotatable bonds is 5. The van der Waals surface area contributed by atoms with Gasteiger partial charge in [-0.05, 0) is 30.5 Å². The first kappa shape index (κ1) is 12.5. The van der Waals surface area contributed by atoms with Crippen LogP contribution >= 0.6 is 11.6 Å². The molecule has 0 aliphatic heterocycles. The number of hydrogen-bond donors (Lipinski definition) is 1. The zero-order valence-electron chi connectivity index (χ0n) is 9.59. The second kappa shape index (κ2) is 6.14. The van der Waals surface area contributed by atoms with Gasteiger partial charge < -0.3 is 5.73 Å². The Hall–Kier alpha value is -0.530. The normalized spacial score (nSPS) is 12.8. The summed E-state index contributed by atoms with van der Waals surface area (Å²) in [5.74, 6) is 0. The van der Waals surface area contributed by atoms with Crippen LogP contribution in [-0.2, 0) is 0 Å². The van der Waals surface area contributed by atoms with Crippen molar-refractivity contribution in [3.63, 3.8) is 0 Å². The van der Waals surface area contributed by atoms with E-state index in [2.05, 4.69) is 19.9 Å². The molecule has 2 heteroatoms. The van der Waals surface area contributed by atoms with E-state index in [0.717, 1.165) is 17.0 Å². The molecule has 15 heavy (non-hydrogen) atoms. The summed E-state index contributed by atoms with van der Waals surface area (Å²) in [5.41, 5.74) is 8.47. The Labute approximate surface area is 97.6 Å². The average molecular weight is 226 g/mol. The first-order chi connectivity index (χ1) is 7.16. The molecule has 0 aliphatic carbocycles. The van der Waals surface area contributed by atoms with Gasteiger partial charge in [-0.1, -0.05) is 49.9 Å². The van der Waals surface area contributed by atoms with E-state index in [1.807, 2.05) is 12.1 Å². The summed E-state index contributed by atoms with van der Waals surface area (Å²) in [6, 6.07) is 6.05. The van der Waals surface area contributed by atoms with Crippen LogP contribution in [0, 0.1) is 6.92 Å². The molecule has 0 bridgehead atoms. The van der Waals surface area contributed by atoms with Crippen molar-refractivity contribution in [2.75, 3.05) is 0 Å². The lowest BCUT2D eigenvalue weighted by Crippen LogP contribution is -2.12. The van der Waals surface area contributed by atoms with Crippen LogP contribution in [0.3, 0.4) is 0 Å². The highest BCUT2D eigenvalue weighted by Crippen LogP contribution is 2.27. The molecule has 0 spiro atoms. The Balaban J connectivity index is 2.68. The van der Waals surface area contributed by atoms with Crippen LogP contribution in [0.2, 0.25) is 5.02 Å². The molecular weight excluding hydrogens is 206 g/mol. The van der Waals surface area contributed by atoms with Crippen molar-refractivity contribution in [2.45, 2.75) is 45.6 Å². The SMILES string of the molecule is CCCCC[C@@H](N)c1c(C)cccc1Cl. The largest absolute Gasteiger partial charge is 0.324 e. The van der Waals surface area contributed by atoms with E-state index >= 15 is 0 Å². The first-order valence-corrected chi connectivity index (χ1v) is 6.05. The number of aryl methyl sites for hydroxylation is 1. The van der Waals surface area contributed by atoms with E-state index in [4.69, 9.17) is 17.3 Å². The summed E-state index contributed by atoms with van der Waals surface area (Å²) >= 11 is 6.16. The Morgan fingerprint density at radius 3 is 2.67 bits per heavy atom. The van der Waals surface area contributed by atoms with Crippen molar-refractivity contribution in [3.05, 3.63) is 34.3 Å². The minimum Gasteiger partial charge on any atom is -0.324 e. The maximum absolute atomic E-state index is 6.16. The smallest absolute Gasteiger partial charge is 0.0456 e. The monoisotopic (exact) mass is 225 g/mol. The molecule has 1 aromatic rings. The molecule has 0 heterocycles. The summed E-state index contributed by atoms with van der Waals surface area (Å²) in [6.07, 6.45) is 4.69. The fraction of sp³-hybridized carbons (Fsp3) is 0.538. The minimum atomic E-state index is 0.0882. The quantitative estimate of drug-likeness (QED) is 0.746. The molecule has 0 saturated heterocycles. The van der Waals surface area contributed by atoms with Crippen LogP contribution in [0.5, 0.6) is 0 Å². The molecule has 84 valence electrons. The van der Waals surface area contributed by atoms with Gasteiger partial charge in [-0.15, -0.1) is 0 Å². The number of unbranched alkanes of at least 4 members (excludes halogenated alkanes) is 2. The van der Waals surface area contributed by atoms with Gasteiger partial charge in [-0.3, -0.25) is 0 Å². The van der Waals surface area contributed by atoms with Gasteiger partial charge in [0.15, 0.2) is 0 Å². The van der Waals surface area contributed by atoms with Crippen LogP contribution in [0.25, 0.3) is 0 Å². The second-order valence-electron chi connectivity index (χ2n) is 4.07. The fourth-order valence-electron chi connectivity index (χ4n) is 1.87. The van der Waals surface area contributed by atoms with Crippen molar-refractivity contribution in [2.24, 2.45) is 5.73 Å². The topological polar surface area (TPSA) is 26.0 Å². The Morgan fingerprint density at radius 1 is 1.33 bits per heavy atom.